The molecule has 1 aliphatic heterocycles. The summed E-state index contributed by atoms with van der Waals surface area (Å²) in [4.78, 5) is 27.7. The van der Waals surface area contributed by atoms with E-state index in [-0.39, 0.29) is 16.8 Å². The highest BCUT2D eigenvalue weighted by Gasteiger charge is 2.34. The van der Waals surface area contributed by atoms with Crippen LogP contribution in [-0.4, -0.2) is 35.7 Å². The van der Waals surface area contributed by atoms with Crippen LogP contribution < -0.4 is 4.90 Å². The van der Waals surface area contributed by atoms with Gasteiger partial charge in [-0.15, -0.1) is 11.3 Å². The fourth-order valence-electron chi connectivity index (χ4n) is 3.34. The maximum atomic E-state index is 13.2. The van der Waals surface area contributed by atoms with Gasteiger partial charge in [-0.2, -0.15) is 0 Å². The van der Waals surface area contributed by atoms with E-state index in [0.29, 0.717) is 24.6 Å². The van der Waals surface area contributed by atoms with E-state index in [9.17, 15) is 14.7 Å². The number of carboxylic acids is 1. The highest BCUT2D eigenvalue weighted by molar-refractivity contribution is 7.18. The smallest absolute Gasteiger partial charge is 0.348 e. The number of carbonyl (C=O) groups is 2. The lowest BCUT2D eigenvalue weighted by molar-refractivity contribution is -0.134. The molecule has 1 aliphatic rings. The Balaban J connectivity index is 1.98. The van der Waals surface area contributed by atoms with E-state index in [0.717, 1.165) is 16.9 Å². The van der Waals surface area contributed by atoms with Crippen LogP contribution in [-0.2, 0) is 9.53 Å². The van der Waals surface area contributed by atoms with Crippen molar-refractivity contribution < 1.29 is 19.4 Å². The molecule has 2 unspecified atom stereocenters. The van der Waals surface area contributed by atoms with E-state index in [2.05, 4.69) is 6.92 Å². The second-order valence-electron chi connectivity index (χ2n) is 7.30. The van der Waals surface area contributed by atoms with Crippen LogP contribution in [0.1, 0.15) is 43.3 Å². The molecule has 0 aliphatic carbocycles. The van der Waals surface area contributed by atoms with Gasteiger partial charge in [0.1, 0.15) is 11.0 Å². The lowest BCUT2D eigenvalue weighted by Crippen LogP contribution is -2.46. The van der Waals surface area contributed by atoms with Crippen molar-refractivity contribution in [1.29, 1.82) is 0 Å². The number of amides is 1. The Morgan fingerprint density at radius 2 is 1.93 bits per heavy atom. The zero-order valence-corrected chi connectivity index (χ0v) is 16.7. The molecule has 3 rings (SSSR count). The fraction of sp³-hybridized carbons (Fsp3) is 0.429. The van der Waals surface area contributed by atoms with Gasteiger partial charge in [-0.1, -0.05) is 37.3 Å². The van der Waals surface area contributed by atoms with Crippen LogP contribution in [0.3, 0.4) is 0 Å². The summed E-state index contributed by atoms with van der Waals surface area (Å²) in [7, 11) is 0. The number of hydrogen-bond donors (Lipinski definition) is 1. The topological polar surface area (TPSA) is 66.8 Å². The van der Waals surface area contributed by atoms with Gasteiger partial charge in [0.05, 0.1) is 12.3 Å². The molecule has 0 saturated carbocycles. The minimum atomic E-state index is -1.02. The van der Waals surface area contributed by atoms with Crippen LogP contribution in [0.25, 0.3) is 10.4 Å². The highest BCUT2D eigenvalue weighted by atomic mass is 32.1. The molecule has 6 heteroatoms. The molecule has 1 saturated heterocycles. The van der Waals surface area contributed by atoms with Crippen LogP contribution in [0, 0.1) is 5.92 Å². The Morgan fingerprint density at radius 3 is 2.48 bits per heavy atom. The average molecular weight is 388 g/mol. The van der Waals surface area contributed by atoms with Gasteiger partial charge in [0.2, 0.25) is 0 Å². The van der Waals surface area contributed by atoms with Crippen LogP contribution in [0.4, 0.5) is 5.69 Å². The maximum Gasteiger partial charge on any atom is 0.348 e. The number of aromatic carboxylic acids is 1. The minimum Gasteiger partial charge on any atom is -0.477 e. The van der Waals surface area contributed by atoms with E-state index in [1.54, 1.807) is 4.90 Å². The van der Waals surface area contributed by atoms with Crippen LogP contribution >= 0.6 is 11.3 Å². The zero-order chi connectivity index (χ0) is 19.6. The number of anilines is 1. The number of hydrogen-bond acceptors (Lipinski definition) is 4. The van der Waals surface area contributed by atoms with Crippen molar-refractivity contribution in [2.75, 3.05) is 11.5 Å². The van der Waals surface area contributed by atoms with Gasteiger partial charge in [0.25, 0.3) is 5.91 Å². The summed E-state index contributed by atoms with van der Waals surface area (Å²) in [6.45, 7) is 6.46. The summed E-state index contributed by atoms with van der Waals surface area (Å²) in [5, 5.41) is 9.72. The minimum absolute atomic E-state index is 0.156. The molecular formula is C21H25NO4S. The normalized spacial score (nSPS) is 19.9. The monoisotopic (exact) mass is 387 g/mol. The fourth-order valence-corrected chi connectivity index (χ4v) is 4.34. The molecule has 1 fully saturated rings. The molecule has 0 bridgehead atoms. The Kier molecular flexibility index (Phi) is 5.97. The Hall–Kier alpha value is -2.18. The molecule has 27 heavy (non-hydrogen) atoms. The quantitative estimate of drug-likeness (QED) is 0.810. The summed E-state index contributed by atoms with van der Waals surface area (Å²) < 4.78 is 5.76. The van der Waals surface area contributed by atoms with Crippen molar-refractivity contribution in [2.45, 2.75) is 45.8 Å². The number of carboxylic acid groups (broad SMARTS) is 1. The Bertz CT molecular complexity index is 807. The average Bonchev–Trinajstić information content (AvgIpc) is 3.08. The van der Waals surface area contributed by atoms with Crippen molar-refractivity contribution in [3.05, 3.63) is 41.3 Å². The highest BCUT2D eigenvalue weighted by Crippen LogP contribution is 2.38. The zero-order valence-electron chi connectivity index (χ0n) is 15.8. The van der Waals surface area contributed by atoms with Crippen LogP contribution in [0.15, 0.2) is 36.4 Å². The number of rotatable bonds is 5. The van der Waals surface area contributed by atoms with E-state index >= 15 is 0 Å². The van der Waals surface area contributed by atoms with Gasteiger partial charge in [0, 0.05) is 10.9 Å². The van der Waals surface area contributed by atoms with Crippen molar-refractivity contribution in [3.8, 4) is 10.4 Å². The summed E-state index contributed by atoms with van der Waals surface area (Å²) in [5.74, 6) is -0.729. The lowest BCUT2D eigenvalue weighted by Gasteiger charge is -2.33. The van der Waals surface area contributed by atoms with Crippen molar-refractivity contribution in [3.63, 3.8) is 0 Å². The van der Waals surface area contributed by atoms with Crippen molar-refractivity contribution in [1.82, 2.24) is 0 Å². The largest absolute Gasteiger partial charge is 0.477 e. The molecule has 2 heterocycles. The third-order valence-corrected chi connectivity index (χ3v) is 5.92. The van der Waals surface area contributed by atoms with Crippen molar-refractivity contribution in [2.24, 2.45) is 5.92 Å². The first kappa shape index (κ1) is 19.6. The van der Waals surface area contributed by atoms with E-state index in [4.69, 9.17) is 4.74 Å². The predicted octanol–water partition coefficient (Wildman–Crippen LogP) is 4.67. The van der Waals surface area contributed by atoms with Gasteiger partial charge in [-0.3, -0.25) is 4.79 Å². The molecule has 0 spiro atoms. The number of thiophene rings is 1. The lowest BCUT2D eigenvalue weighted by atomic mass is 9.99. The Labute approximate surface area is 163 Å². The molecule has 2 aromatic rings. The van der Waals surface area contributed by atoms with Gasteiger partial charge >= 0.3 is 5.97 Å². The molecule has 1 amide bonds. The third kappa shape index (κ3) is 4.22. The third-order valence-electron chi connectivity index (χ3n) is 4.76. The standard InChI is InChI=1S/C21H25NO4S/c1-13(2)22(20(23)17-10-9-14(3)12-26-17)16-11-18(27-19(16)21(24)25)15-7-5-4-6-8-15/h4-8,11,13-14,17H,9-10,12H2,1-3H3,(H,24,25). The number of ether oxygens (including phenoxy) is 1. The summed E-state index contributed by atoms with van der Waals surface area (Å²) in [5.41, 5.74) is 1.39. The molecule has 1 aromatic carbocycles. The first-order chi connectivity index (χ1) is 12.9. The van der Waals surface area contributed by atoms with E-state index in [1.165, 1.54) is 11.3 Å². The Morgan fingerprint density at radius 1 is 1.22 bits per heavy atom. The maximum absolute atomic E-state index is 13.2. The molecule has 1 N–H and O–H groups in total. The van der Waals surface area contributed by atoms with Gasteiger partial charge in [-0.25, -0.2) is 4.79 Å². The van der Waals surface area contributed by atoms with Gasteiger partial charge in [0.15, 0.2) is 0 Å². The molecule has 1 aromatic heterocycles. The first-order valence-electron chi connectivity index (χ1n) is 9.25. The molecule has 5 nitrogen and oxygen atoms in total. The summed E-state index contributed by atoms with van der Waals surface area (Å²) in [6, 6.07) is 11.3. The summed E-state index contributed by atoms with van der Waals surface area (Å²) >= 11 is 1.20. The molecule has 144 valence electrons. The van der Waals surface area contributed by atoms with Crippen LogP contribution in [0.5, 0.6) is 0 Å². The van der Waals surface area contributed by atoms with E-state index < -0.39 is 12.1 Å². The molecular weight excluding hydrogens is 362 g/mol. The van der Waals surface area contributed by atoms with Crippen LogP contribution in [0.2, 0.25) is 0 Å². The molecule has 2 atom stereocenters. The number of carbonyl (C=O) groups excluding carboxylic acids is 1. The van der Waals surface area contributed by atoms with E-state index in [1.807, 2.05) is 50.2 Å². The first-order valence-corrected chi connectivity index (χ1v) is 10.1. The van der Waals surface area contributed by atoms with Crippen molar-refractivity contribution >= 4 is 28.9 Å². The van der Waals surface area contributed by atoms with Gasteiger partial charge < -0.3 is 14.7 Å². The number of benzene rings is 1. The predicted molar refractivity (Wildman–Crippen MR) is 107 cm³/mol. The second kappa shape index (κ2) is 8.23. The second-order valence-corrected chi connectivity index (χ2v) is 8.35. The number of nitrogens with zero attached hydrogens (tertiary/aromatic N) is 1. The molecule has 0 radical (unpaired) electrons. The van der Waals surface area contributed by atoms with Gasteiger partial charge in [-0.05, 0) is 44.2 Å². The summed E-state index contributed by atoms with van der Waals surface area (Å²) in [6.07, 6.45) is 1.10. The SMILES string of the molecule is CC1CCC(C(=O)N(c2cc(-c3ccccc3)sc2C(=O)O)C(C)C)OC1.